The monoisotopic (exact) mass is 372 g/mol. The third-order valence-electron chi connectivity index (χ3n) is 4.67. The van der Waals surface area contributed by atoms with Crippen molar-refractivity contribution in [2.45, 2.75) is 12.2 Å². The van der Waals surface area contributed by atoms with Crippen LogP contribution in [-0.4, -0.2) is 35.3 Å². The molecule has 3 aromatic rings. The Bertz CT molecular complexity index is 867. The number of nitrogens with one attached hydrogen (secondary N) is 1. The average molecular weight is 373 g/mol. The van der Waals surface area contributed by atoms with E-state index in [9.17, 15) is 4.39 Å². The predicted molar refractivity (Wildman–Crippen MR) is 108 cm³/mol. The summed E-state index contributed by atoms with van der Waals surface area (Å²) < 4.78 is 13.4. The number of hydrogen-bond donors (Lipinski definition) is 1. The zero-order chi connectivity index (χ0) is 17.1. The first-order valence-corrected chi connectivity index (χ1v) is 10.6. The summed E-state index contributed by atoms with van der Waals surface area (Å²) in [6.45, 7) is 3.30. The number of rotatable bonds is 6. The lowest BCUT2D eigenvalue weighted by Crippen LogP contribution is -2.30. The molecule has 1 aromatic carbocycles. The molecule has 0 saturated heterocycles. The van der Waals surface area contributed by atoms with Crippen LogP contribution in [0.2, 0.25) is 0 Å². The first kappa shape index (κ1) is 16.9. The largest absolute Gasteiger partial charge is 0.361 e. The Morgan fingerprint density at radius 3 is 3.04 bits per heavy atom. The van der Waals surface area contributed by atoms with Gasteiger partial charge in [-0.1, -0.05) is 12.1 Å². The van der Waals surface area contributed by atoms with Gasteiger partial charge in [0.05, 0.1) is 0 Å². The van der Waals surface area contributed by atoms with Gasteiger partial charge >= 0.3 is 0 Å². The number of thioether (sulfide) groups is 1. The van der Waals surface area contributed by atoms with Crippen molar-refractivity contribution in [3.05, 3.63) is 64.2 Å². The van der Waals surface area contributed by atoms with E-state index in [-0.39, 0.29) is 5.82 Å². The molecule has 5 heteroatoms. The van der Waals surface area contributed by atoms with E-state index in [1.165, 1.54) is 22.1 Å². The molecule has 3 heterocycles. The number of thiophene rings is 1. The third-order valence-corrected chi connectivity index (χ3v) is 6.60. The molecule has 0 bridgehead atoms. The number of benzene rings is 1. The maximum atomic E-state index is 13.4. The second-order valence-electron chi connectivity index (χ2n) is 6.31. The van der Waals surface area contributed by atoms with Crippen molar-refractivity contribution in [2.24, 2.45) is 0 Å². The number of aromatic amines is 1. The van der Waals surface area contributed by atoms with E-state index < -0.39 is 0 Å². The van der Waals surface area contributed by atoms with Crippen LogP contribution in [0.3, 0.4) is 0 Å². The second-order valence-corrected chi connectivity index (χ2v) is 8.37. The van der Waals surface area contributed by atoms with E-state index in [0.29, 0.717) is 0 Å². The van der Waals surface area contributed by atoms with Crippen molar-refractivity contribution in [1.29, 1.82) is 0 Å². The summed E-state index contributed by atoms with van der Waals surface area (Å²) in [6.07, 6.45) is 5.53. The van der Waals surface area contributed by atoms with Crippen LogP contribution in [0.5, 0.6) is 0 Å². The van der Waals surface area contributed by atoms with Gasteiger partial charge in [0, 0.05) is 53.1 Å². The molecule has 0 radical (unpaired) electrons. The van der Waals surface area contributed by atoms with Crippen LogP contribution < -0.4 is 0 Å². The molecule has 2 nitrogen and oxygen atoms in total. The third kappa shape index (κ3) is 4.00. The standard InChI is InChI=1S/C20H21FN2S2/c21-17-3-4-19-18(12-17)16(13-22-19)14-24-11-9-23-7-5-15(6-8-23)20-2-1-10-25-20/h1-5,10,12-13,22H,6-9,11,14H2. The number of hydrogen-bond acceptors (Lipinski definition) is 3. The molecule has 0 saturated carbocycles. The first-order valence-electron chi connectivity index (χ1n) is 8.58. The lowest BCUT2D eigenvalue weighted by atomic mass is 10.1. The van der Waals surface area contributed by atoms with Crippen molar-refractivity contribution in [3.8, 4) is 0 Å². The van der Waals surface area contributed by atoms with Gasteiger partial charge in [-0.3, -0.25) is 4.90 Å². The Kier molecular flexibility index (Phi) is 5.25. The molecule has 0 spiro atoms. The fourth-order valence-corrected chi connectivity index (χ4v) is 5.03. The van der Waals surface area contributed by atoms with E-state index in [2.05, 4.69) is 33.5 Å². The lowest BCUT2D eigenvalue weighted by molar-refractivity contribution is 0.321. The van der Waals surface area contributed by atoms with Crippen molar-refractivity contribution in [2.75, 3.05) is 25.4 Å². The summed E-state index contributed by atoms with van der Waals surface area (Å²) in [5.41, 5.74) is 3.71. The molecule has 130 valence electrons. The van der Waals surface area contributed by atoms with Gasteiger partial charge in [0.1, 0.15) is 5.82 Å². The summed E-state index contributed by atoms with van der Waals surface area (Å²) >= 11 is 3.75. The highest BCUT2D eigenvalue weighted by Crippen LogP contribution is 2.27. The smallest absolute Gasteiger partial charge is 0.123 e. The molecule has 25 heavy (non-hydrogen) atoms. The highest BCUT2D eigenvalue weighted by molar-refractivity contribution is 7.98. The summed E-state index contributed by atoms with van der Waals surface area (Å²) in [4.78, 5) is 7.16. The van der Waals surface area contributed by atoms with E-state index in [1.54, 1.807) is 6.07 Å². The maximum absolute atomic E-state index is 13.4. The fraction of sp³-hybridized carbons (Fsp3) is 0.300. The van der Waals surface area contributed by atoms with Crippen LogP contribution in [0, 0.1) is 5.82 Å². The topological polar surface area (TPSA) is 19.0 Å². The molecule has 0 fully saturated rings. The zero-order valence-corrected chi connectivity index (χ0v) is 15.6. The quantitative estimate of drug-likeness (QED) is 0.585. The minimum atomic E-state index is -0.167. The maximum Gasteiger partial charge on any atom is 0.123 e. The summed E-state index contributed by atoms with van der Waals surface area (Å²) in [5.74, 6) is 1.86. The predicted octanol–water partition coefficient (Wildman–Crippen LogP) is 5.39. The molecular formula is C20H21FN2S2. The van der Waals surface area contributed by atoms with E-state index in [1.807, 2.05) is 35.4 Å². The highest BCUT2D eigenvalue weighted by atomic mass is 32.2. The molecule has 0 atom stereocenters. The molecule has 1 N–H and O–H groups in total. The minimum absolute atomic E-state index is 0.167. The molecule has 4 rings (SSSR count). The van der Waals surface area contributed by atoms with Gasteiger partial charge in [0.25, 0.3) is 0 Å². The normalized spacial score (nSPS) is 15.6. The Hall–Kier alpha value is -1.56. The second kappa shape index (κ2) is 7.77. The number of nitrogens with zero attached hydrogens (tertiary/aromatic N) is 1. The van der Waals surface area contributed by atoms with Gasteiger partial charge in [0.2, 0.25) is 0 Å². The van der Waals surface area contributed by atoms with Crippen LogP contribution >= 0.6 is 23.1 Å². The Labute approximate surface area is 155 Å². The van der Waals surface area contributed by atoms with Gasteiger partial charge in [-0.25, -0.2) is 4.39 Å². The van der Waals surface area contributed by atoms with Crippen LogP contribution in [-0.2, 0) is 5.75 Å². The summed E-state index contributed by atoms with van der Waals surface area (Å²) in [5, 5.41) is 3.16. The van der Waals surface area contributed by atoms with Crippen LogP contribution in [0.25, 0.3) is 16.5 Å². The van der Waals surface area contributed by atoms with Gasteiger partial charge in [0.15, 0.2) is 0 Å². The first-order chi connectivity index (χ1) is 12.3. The SMILES string of the molecule is Fc1ccc2[nH]cc(CSCCN3CC=C(c4cccs4)CC3)c2c1. The van der Waals surface area contributed by atoms with Crippen LogP contribution in [0.4, 0.5) is 4.39 Å². The molecule has 1 aliphatic heterocycles. The molecule has 0 aliphatic carbocycles. The van der Waals surface area contributed by atoms with Gasteiger partial charge in [-0.05, 0) is 47.2 Å². The number of fused-ring (bicyclic) bond motifs is 1. The molecular weight excluding hydrogens is 351 g/mol. The Morgan fingerprint density at radius 2 is 2.24 bits per heavy atom. The lowest BCUT2D eigenvalue weighted by Gasteiger charge is -2.25. The van der Waals surface area contributed by atoms with Gasteiger partial charge in [-0.2, -0.15) is 11.8 Å². The van der Waals surface area contributed by atoms with Crippen molar-refractivity contribution < 1.29 is 4.39 Å². The number of halogens is 1. The highest BCUT2D eigenvalue weighted by Gasteiger charge is 2.13. The Morgan fingerprint density at radius 1 is 1.28 bits per heavy atom. The fourth-order valence-electron chi connectivity index (χ4n) is 3.25. The van der Waals surface area contributed by atoms with Gasteiger partial charge < -0.3 is 4.98 Å². The Balaban J connectivity index is 1.25. The number of aromatic nitrogens is 1. The number of H-pyrrole nitrogens is 1. The van der Waals surface area contributed by atoms with Gasteiger partial charge in [-0.15, -0.1) is 11.3 Å². The van der Waals surface area contributed by atoms with E-state index >= 15 is 0 Å². The molecule has 0 amide bonds. The van der Waals surface area contributed by atoms with Crippen molar-refractivity contribution in [3.63, 3.8) is 0 Å². The summed E-state index contributed by atoms with van der Waals surface area (Å²) in [6, 6.07) is 9.28. The van der Waals surface area contributed by atoms with E-state index in [4.69, 9.17) is 0 Å². The minimum Gasteiger partial charge on any atom is -0.361 e. The van der Waals surface area contributed by atoms with Crippen LogP contribution in [0.15, 0.2) is 48.0 Å². The van der Waals surface area contributed by atoms with E-state index in [0.717, 1.165) is 48.5 Å². The van der Waals surface area contributed by atoms with Crippen molar-refractivity contribution >= 4 is 39.6 Å². The zero-order valence-electron chi connectivity index (χ0n) is 14.0. The van der Waals surface area contributed by atoms with Crippen molar-refractivity contribution in [1.82, 2.24) is 9.88 Å². The van der Waals surface area contributed by atoms with Crippen LogP contribution in [0.1, 0.15) is 16.9 Å². The average Bonchev–Trinajstić information content (AvgIpc) is 3.29. The molecule has 2 aromatic heterocycles. The molecule has 1 aliphatic rings. The summed E-state index contributed by atoms with van der Waals surface area (Å²) in [7, 11) is 0. The molecule has 0 unspecified atom stereocenters.